The summed E-state index contributed by atoms with van der Waals surface area (Å²) in [6.45, 7) is 0. The predicted molar refractivity (Wildman–Crippen MR) is 132 cm³/mol. The van der Waals surface area contributed by atoms with Crippen molar-refractivity contribution in [3.8, 4) is 0 Å². The quantitative estimate of drug-likeness (QED) is 0.221. The van der Waals surface area contributed by atoms with Gasteiger partial charge in [-0.1, -0.05) is 0 Å². The van der Waals surface area contributed by atoms with Gasteiger partial charge in [0.1, 0.15) is 0 Å². The number of aromatic carboxylic acids is 4. The van der Waals surface area contributed by atoms with E-state index in [9.17, 15) is 39.6 Å². The summed E-state index contributed by atoms with van der Waals surface area (Å²) in [4.78, 5) is 46.1. The summed E-state index contributed by atoms with van der Waals surface area (Å²) < 4.78 is 3.29. The molecule has 4 N–H and O–H groups in total. The minimum absolute atomic E-state index is 0. The molecule has 4 aromatic rings. The van der Waals surface area contributed by atoms with Gasteiger partial charge in [-0.25, -0.2) is 0 Å². The smallest absolute Gasteiger partial charge is 0 e. The minimum atomic E-state index is -4.52. The zero-order valence-electron chi connectivity index (χ0n) is 20.1. The molecule has 0 fully saturated rings. The average molecular weight is 615 g/mol. The Bertz CT molecular complexity index is 1260. The maximum Gasteiger partial charge on any atom is 0 e. The van der Waals surface area contributed by atoms with Gasteiger partial charge in [-0.15, -0.1) is 0 Å². The number of carboxylic acids is 4. The molecule has 0 aliphatic carbocycles. The van der Waals surface area contributed by atoms with Crippen molar-refractivity contribution in [1.82, 2.24) is 0 Å². The fourth-order valence-electron chi connectivity index (χ4n) is 5.42. The number of hydrogen-bond donors (Lipinski definition) is 4. The van der Waals surface area contributed by atoms with Gasteiger partial charge in [0.2, 0.25) is 0 Å². The molecule has 4 aromatic carbocycles. The summed E-state index contributed by atoms with van der Waals surface area (Å²) in [5.41, 5.74) is 0.367. The van der Waals surface area contributed by atoms with E-state index in [-0.39, 0.29) is 41.7 Å². The van der Waals surface area contributed by atoms with E-state index in [4.69, 9.17) is 0 Å². The summed E-state index contributed by atoms with van der Waals surface area (Å²) in [5.74, 6) is -4.35. The van der Waals surface area contributed by atoms with E-state index in [2.05, 4.69) is 0 Å². The Kier molecular flexibility index (Phi) is 8.72. The van der Waals surface area contributed by atoms with Crippen LogP contribution in [0.1, 0.15) is 41.4 Å². The van der Waals surface area contributed by atoms with Crippen LogP contribution in [0.2, 0.25) is 0 Å². The first-order valence-corrected chi connectivity index (χ1v) is 17.3. The van der Waals surface area contributed by atoms with Crippen molar-refractivity contribution in [1.29, 1.82) is 0 Å². The van der Waals surface area contributed by atoms with Crippen molar-refractivity contribution in [3.63, 3.8) is 0 Å². The second kappa shape index (κ2) is 11.6. The molecule has 0 radical (unpaired) electrons. The maximum atomic E-state index is 11.5. The summed E-state index contributed by atoms with van der Waals surface area (Å²) in [6.07, 6.45) is 0. The first kappa shape index (κ1) is 28.6. The van der Waals surface area contributed by atoms with Gasteiger partial charge in [-0.2, -0.15) is 0 Å². The first-order chi connectivity index (χ1) is 17.6. The Labute approximate surface area is 232 Å². The van der Waals surface area contributed by atoms with Gasteiger partial charge in [0.25, 0.3) is 0 Å². The first-order valence-electron chi connectivity index (χ1n) is 11.4. The summed E-state index contributed by atoms with van der Waals surface area (Å²) >= 11 is -4.52. The normalized spacial score (nSPS) is 10.3. The van der Waals surface area contributed by atoms with Crippen molar-refractivity contribution in [2.75, 3.05) is 0 Å². The van der Waals surface area contributed by atoms with Crippen molar-refractivity contribution in [2.45, 2.75) is 0 Å². The molecule has 0 aliphatic rings. The van der Waals surface area contributed by atoms with E-state index >= 15 is 0 Å². The topological polar surface area (TPSA) is 149 Å². The molecule has 0 aromatic heterocycles. The molecule has 0 amide bonds. The molecule has 0 saturated carbocycles. The zero-order valence-corrected chi connectivity index (χ0v) is 26.0. The number of benzene rings is 4. The van der Waals surface area contributed by atoms with E-state index in [0.29, 0.717) is 0 Å². The SMILES string of the molecule is O=C(O)c1cc[c]([Zn]([c]2ccc(C(=O)O)cc2)([c]2ccc(C(=O)O)cc2)[c]2ccc(C(=O)O)cc2)cc1.[Zn]. The molecular weight excluding hydrogens is 595 g/mol. The Morgan fingerprint density at radius 1 is 0.368 bits per heavy atom. The van der Waals surface area contributed by atoms with Crippen LogP contribution >= 0.6 is 0 Å². The number of carbonyl (C=O) groups is 4. The number of rotatable bonds is 8. The van der Waals surface area contributed by atoms with Gasteiger partial charge in [-0.3, -0.25) is 0 Å². The third-order valence-electron chi connectivity index (χ3n) is 7.25. The Morgan fingerprint density at radius 3 is 0.658 bits per heavy atom. The van der Waals surface area contributed by atoms with Crippen LogP contribution in [0, 0.1) is 0 Å². The van der Waals surface area contributed by atoms with Gasteiger partial charge < -0.3 is 0 Å². The van der Waals surface area contributed by atoms with E-state index in [1.54, 1.807) is 48.5 Å². The third-order valence-corrected chi connectivity index (χ3v) is 21.5. The van der Waals surface area contributed by atoms with Crippen LogP contribution in [-0.4, -0.2) is 44.3 Å². The van der Waals surface area contributed by atoms with Crippen molar-refractivity contribution < 1.29 is 73.9 Å². The molecule has 0 saturated heterocycles. The molecule has 184 valence electrons. The fourth-order valence-corrected chi connectivity index (χ4v) is 19.3. The van der Waals surface area contributed by atoms with Gasteiger partial charge in [0.15, 0.2) is 0 Å². The van der Waals surface area contributed by atoms with Crippen molar-refractivity contribution in [3.05, 3.63) is 119 Å². The van der Waals surface area contributed by atoms with Crippen LogP contribution in [0.25, 0.3) is 0 Å². The Balaban J connectivity index is 0.00000400. The minimum Gasteiger partial charge on any atom is 0 e. The standard InChI is InChI=1S/4C7H5O2.2Zn/c4*8-7(9)6-4-2-1-3-5-6;;/h4*2-5H,(H,8,9);;. The molecule has 38 heavy (non-hydrogen) atoms. The molecule has 0 aliphatic heterocycles. The maximum absolute atomic E-state index is 11.5. The summed E-state index contributed by atoms with van der Waals surface area (Å²) in [5, 5.41) is 37.7. The molecule has 0 spiro atoms. The van der Waals surface area contributed by atoms with E-state index in [1.807, 2.05) is 0 Å². The van der Waals surface area contributed by atoms with E-state index < -0.39 is 38.7 Å². The molecule has 0 unspecified atom stereocenters. The van der Waals surface area contributed by atoms with Gasteiger partial charge in [0.05, 0.1) is 0 Å². The second-order valence-electron chi connectivity index (χ2n) is 9.07. The fraction of sp³-hybridized carbons (Fsp3) is 0. The van der Waals surface area contributed by atoms with Gasteiger partial charge in [-0.05, 0) is 0 Å². The monoisotopic (exact) mass is 612 g/mol. The largest absolute Gasteiger partial charge is 0 e. The van der Waals surface area contributed by atoms with Crippen LogP contribution in [0.4, 0.5) is 0 Å². The number of hydrogen-bond acceptors (Lipinski definition) is 4. The Morgan fingerprint density at radius 2 is 0.526 bits per heavy atom. The van der Waals surface area contributed by atoms with E-state index in [0.717, 1.165) is 16.6 Å². The average Bonchev–Trinajstić information content (AvgIpc) is 2.90. The van der Waals surface area contributed by atoms with Gasteiger partial charge in [0, 0.05) is 19.5 Å². The molecule has 0 heterocycles. The molecule has 4 rings (SSSR count). The van der Waals surface area contributed by atoms with Crippen LogP contribution in [0.5, 0.6) is 0 Å². The van der Waals surface area contributed by atoms with Gasteiger partial charge >= 0.3 is 214 Å². The van der Waals surface area contributed by atoms with E-state index in [1.165, 1.54) is 48.5 Å². The second-order valence-corrected chi connectivity index (χ2v) is 20.4. The Hall–Kier alpha value is -3.99. The third kappa shape index (κ3) is 5.33. The number of carboxylic acid groups (broad SMARTS) is 4. The van der Waals surface area contributed by atoms with Crippen molar-refractivity contribution >= 4 is 40.5 Å². The van der Waals surface area contributed by atoms with Crippen LogP contribution < -0.4 is 16.6 Å². The predicted octanol–water partition coefficient (Wildman–Crippen LogP) is 2.23. The zero-order chi connectivity index (χ0) is 26.7. The molecule has 8 nitrogen and oxygen atoms in total. The summed E-state index contributed by atoms with van der Waals surface area (Å²) in [6, 6.07) is 25.8. The van der Waals surface area contributed by atoms with Crippen LogP contribution in [0.3, 0.4) is 0 Å². The molecule has 0 bridgehead atoms. The molecule has 0 atom stereocenters. The van der Waals surface area contributed by atoms with Crippen LogP contribution in [-0.2, 0) is 34.3 Å². The molecular formula is C28H20O8Zn2. The summed E-state index contributed by atoms with van der Waals surface area (Å²) in [7, 11) is 0. The molecule has 10 heteroatoms. The van der Waals surface area contributed by atoms with Crippen molar-refractivity contribution in [2.24, 2.45) is 0 Å². The van der Waals surface area contributed by atoms with Crippen LogP contribution in [0.15, 0.2) is 97.1 Å².